The molecule has 2 N–H and O–H groups in total. The van der Waals surface area contributed by atoms with E-state index in [1.165, 1.54) is 0 Å². The Morgan fingerprint density at radius 3 is 2.65 bits per heavy atom. The zero-order chi connectivity index (χ0) is 14.6. The lowest BCUT2D eigenvalue weighted by Crippen LogP contribution is -2.46. The molecule has 20 heavy (non-hydrogen) atoms. The number of nitrogens with one attached hydrogen (secondary N) is 1. The lowest BCUT2D eigenvalue weighted by Gasteiger charge is -2.33. The standard InChI is InChI=1S/C15H19NO4/c1-11-3-2-4-12(9-11)13(17)16-10-15(14(18)19)5-7-20-8-6-15/h2-4,9H,5-8,10H2,1H3,(H,16,17)(H,18,19). The Kier molecular flexibility index (Phi) is 4.39. The van der Waals surface area contributed by atoms with Crippen molar-refractivity contribution in [1.82, 2.24) is 5.32 Å². The van der Waals surface area contributed by atoms with Crippen molar-refractivity contribution in [1.29, 1.82) is 0 Å². The topological polar surface area (TPSA) is 75.6 Å². The fourth-order valence-electron chi connectivity index (χ4n) is 2.37. The van der Waals surface area contributed by atoms with Gasteiger partial charge in [-0.05, 0) is 31.9 Å². The van der Waals surface area contributed by atoms with E-state index in [9.17, 15) is 14.7 Å². The van der Waals surface area contributed by atoms with E-state index in [1.54, 1.807) is 12.1 Å². The average Bonchev–Trinajstić information content (AvgIpc) is 2.45. The van der Waals surface area contributed by atoms with Gasteiger partial charge in [0, 0.05) is 25.3 Å². The maximum atomic E-state index is 12.1. The lowest BCUT2D eigenvalue weighted by molar-refractivity contribution is -0.154. The number of hydrogen-bond acceptors (Lipinski definition) is 3. The molecule has 1 saturated heterocycles. The molecule has 0 spiro atoms. The van der Waals surface area contributed by atoms with Gasteiger partial charge >= 0.3 is 5.97 Å². The number of carboxylic acid groups (broad SMARTS) is 1. The fraction of sp³-hybridized carbons (Fsp3) is 0.467. The molecule has 2 rings (SSSR count). The predicted octanol–water partition coefficient (Wildman–Crippen LogP) is 1.61. The third-order valence-corrected chi connectivity index (χ3v) is 3.77. The summed E-state index contributed by atoms with van der Waals surface area (Å²) in [6.07, 6.45) is 0.854. The van der Waals surface area contributed by atoms with Crippen molar-refractivity contribution in [3.05, 3.63) is 35.4 Å². The normalized spacial score (nSPS) is 17.4. The first-order valence-electron chi connectivity index (χ1n) is 6.69. The molecule has 1 amide bonds. The second-order valence-electron chi connectivity index (χ2n) is 5.25. The first-order chi connectivity index (χ1) is 9.53. The fourth-order valence-corrected chi connectivity index (χ4v) is 2.37. The summed E-state index contributed by atoms with van der Waals surface area (Å²) in [5.74, 6) is -1.11. The largest absolute Gasteiger partial charge is 0.481 e. The molecule has 0 aliphatic carbocycles. The van der Waals surface area contributed by atoms with Crippen molar-refractivity contribution in [2.75, 3.05) is 19.8 Å². The summed E-state index contributed by atoms with van der Waals surface area (Å²) in [5, 5.41) is 12.2. The highest BCUT2D eigenvalue weighted by atomic mass is 16.5. The highest BCUT2D eigenvalue weighted by Crippen LogP contribution is 2.30. The first-order valence-corrected chi connectivity index (χ1v) is 6.69. The molecular formula is C15H19NO4. The molecule has 1 aliphatic rings. The van der Waals surface area contributed by atoms with Crippen molar-refractivity contribution in [2.24, 2.45) is 5.41 Å². The molecule has 0 aromatic heterocycles. The van der Waals surface area contributed by atoms with Crippen LogP contribution in [-0.2, 0) is 9.53 Å². The van der Waals surface area contributed by atoms with Crippen LogP contribution >= 0.6 is 0 Å². The van der Waals surface area contributed by atoms with Crippen LogP contribution in [0, 0.1) is 12.3 Å². The molecule has 0 radical (unpaired) electrons. The van der Waals surface area contributed by atoms with Gasteiger partial charge in [0.1, 0.15) is 0 Å². The van der Waals surface area contributed by atoms with E-state index >= 15 is 0 Å². The van der Waals surface area contributed by atoms with Gasteiger partial charge in [0.2, 0.25) is 0 Å². The average molecular weight is 277 g/mol. The summed E-state index contributed by atoms with van der Waals surface area (Å²) in [7, 11) is 0. The molecule has 0 bridgehead atoms. The van der Waals surface area contributed by atoms with E-state index < -0.39 is 11.4 Å². The summed E-state index contributed by atoms with van der Waals surface area (Å²) in [6.45, 7) is 2.89. The first kappa shape index (κ1) is 14.5. The summed E-state index contributed by atoms with van der Waals surface area (Å²) in [4.78, 5) is 23.5. The van der Waals surface area contributed by atoms with E-state index in [0.29, 0.717) is 31.6 Å². The number of amides is 1. The van der Waals surface area contributed by atoms with Crippen molar-refractivity contribution in [3.63, 3.8) is 0 Å². The van der Waals surface area contributed by atoms with Crippen LogP contribution in [0.3, 0.4) is 0 Å². The van der Waals surface area contributed by atoms with Gasteiger partial charge in [0.25, 0.3) is 5.91 Å². The Labute approximate surface area is 117 Å². The van der Waals surface area contributed by atoms with Crippen molar-refractivity contribution < 1.29 is 19.4 Å². The third kappa shape index (κ3) is 3.17. The molecule has 1 heterocycles. The molecule has 5 nitrogen and oxygen atoms in total. The van der Waals surface area contributed by atoms with Crippen LogP contribution in [0.15, 0.2) is 24.3 Å². The molecule has 108 valence electrons. The number of hydrogen-bond donors (Lipinski definition) is 2. The Bertz CT molecular complexity index is 506. The number of benzene rings is 1. The summed E-state index contributed by atoms with van der Waals surface area (Å²) in [5.41, 5.74) is 0.645. The van der Waals surface area contributed by atoms with Crippen molar-refractivity contribution >= 4 is 11.9 Å². The lowest BCUT2D eigenvalue weighted by atomic mass is 9.80. The van der Waals surface area contributed by atoms with E-state index in [-0.39, 0.29) is 12.5 Å². The number of carbonyl (C=O) groups excluding carboxylic acids is 1. The molecular weight excluding hydrogens is 258 g/mol. The van der Waals surface area contributed by atoms with Crippen molar-refractivity contribution in [2.45, 2.75) is 19.8 Å². The van der Waals surface area contributed by atoms with Crippen molar-refractivity contribution in [3.8, 4) is 0 Å². The molecule has 1 aliphatic heterocycles. The van der Waals surface area contributed by atoms with Crippen LogP contribution < -0.4 is 5.32 Å². The molecule has 0 saturated carbocycles. The van der Waals surface area contributed by atoms with Gasteiger partial charge in [-0.25, -0.2) is 0 Å². The molecule has 0 unspecified atom stereocenters. The maximum absolute atomic E-state index is 12.1. The quantitative estimate of drug-likeness (QED) is 0.876. The van der Waals surface area contributed by atoms with Gasteiger partial charge in [-0.1, -0.05) is 17.7 Å². The Balaban J connectivity index is 2.02. The van der Waals surface area contributed by atoms with E-state index in [4.69, 9.17) is 4.74 Å². The van der Waals surface area contributed by atoms with Crippen LogP contribution in [0.2, 0.25) is 0 Å². The second kappa shape index (κ2) is 6.05. The van der Waals surface area contributed by atoms with E-state index in [2.05, 4.69) is 5.32 Å². The van der Waals surface area contributed by atoms with Crippen LogP contribution in [0.5, 0.6) is 0 Å². The Morgan fingerprint density at radius 1 is 1.35 bits per heavy atom. The third-order valence-electron chi connectivity index (χ3n) is 3.77. The smallest absolute Gasteiger partial charge is 0.311 e. The zero-order valence-corrected chi connectivity index (χ0v) is 11.5. The number of ether oxygens (including phenoxy) is 1. The number of rotatable bonds is 4. The molecule has 0 atom stereocenters. The Morgan fingerprint density at radius 2 is 2.05 bits per heavy atom. The highest BCUT2D eigenvalue weighted by Gasteiger charge is 2.40. The molecule has 1 aromatic carbocycles. The van der Waals surface area contributed by atoms with Gasteiger partial charge < -0.3 is 15.2 Å². The van der Waals surface area contributed by atoms with Crippen LogP contribution in [0.1, 0.15) is 28.8 Å². The summed E-state index contributed by atoms with van der Waals surface area (Å²) in [6, 6.07) is 7.23. The summed E-state index contributed by atoms with van der Waals surface area (Å²) >= 11 is 0. The number of carboxylic acids is 1. The SMILES string of the molecule is Cc1cccc(C(=O)NCC2(C(=O)O)CCOCC2)c1. The van der Waals surface area contributed by atoms with E-state index in [0.717, 1.165) is 5.56 Å². The second-order valence-corrected chi connectivity index (χ2v) is 5.25. The molecule has 1 fully saturated rings. The van der Waals surface area contributed by atoms with E-state index in [1.807, 2.05) is 19.1 Å². The minimum absolute atomic E-state index is 0.137. The van der Waals surface area contributed by atoms with Gasteiger partial charge in [0.15, 0.2) is 0 Å². The van der Waals surface area contributed by atoms with Crippen LogP contribution in [0.25, 0.3) is 0 Å². The Hall–Kier alpha value is -1.88. The van der Waals surface area contributed by atoms with Gasteiger partial charge in [-0.2, -0.15) is 0 Å². The molecule has 5 heteroatoms. The van der Waals surface area contributed by atoms with Gasteiger partial charge in [-0.3, -0.25) is 9.59 Å². The number of carbonyl (C=O) groups is 2. The van der Waals surface area contributed by atoms with Gasteiger partial charge in [0.05, 0.1) is 5.41 Å². The number of aryl methyl sites for hydroxylation is 1. The minimum atomic E-state index is -0.905. The number of aliphatic carboxylic acids is 1. The maximum Gasteiger partial charge on any atom is 0.311 e. The highest BCUT2D eigenvalue weighted by molar-refractivity contribution is 5.94. The zero-order valence-electron chi connectivity index (χ0n) is 11.5. The van der Waals surface area contributed by atoms with Crippen LogP contribution in [0.4, 0.5) is 0 Å². The monoisotopic (exact) mass is 277 g/mol. The molecule has 1 aromatic rings. The van der Waals surface area contributed by atoms with Crippen LogP contribution in [-0.4, -0.2) is 36.7 Å². The van der Waals surface area contributed by atoms with Gasteiger partial charge in [-0.15, -0.1) is 0 Å². The minimum Gasteiger partial charge on any atom is -0.481 e. The predicted molar refractivity (Wildman–Crippen MR) is 73.6 cm³/mol. The summed E-state index contributed by atoms with van der Waals surface area (Å²) < 4.78 is 5.21.